The van der Waals surface area contributed by atoms with Crippen LogP contribution >= 0.6 is 0 Å². The average molecular weight is 209 g/mol. The lowest BCUT2D eigenvalue weighted by Crippen LogP contribution is -2.17. The Balaban J connectivity index is 1.98. The number of hydrogen-bond donors (Lipinski definition) is 0. The Morgan fingerprint density at radius 1 is 1.20 bits per heavy atom. The lowest BCUT2D eigenvalue weighted by atomic mass is 10.1. The fourth-order valence-electron chi connectivity index (χ4n) is 2.21. The zero-order valence-electron chi connectivity index (χ0n) is 9.87. The first-order valence-corrected chi connectivity index (χ1v) is 6.39. The van der Waals surface area contributed by atoms with Gasteiger partial charge in [-0.1, -0.05) is 32.6 Å². The van der Waals surface area contributed by atoms with Gasteiger partial charge in [-0.3, -0.25) is 0 Å². The normalized spacial score (nSPS) is 25.3. The third-order valence-electron chi connectivity index (χ3n) is 3.20. The predicted octanol–water partition coefficient (Wildman–Crippen LogP) is 3.67. The summed E-state index contributed by atoms with van der Waals surface area (Å²) in [4.78, 5) is 0. The summed E-state index contributed by atoms with van der Waals surface area (Å²) in [6.45, 7) is 3.08. The zero-order chi connectivity index (χ0) is 10.9. The molecule has 2 nitrogen and oxygen atoms in total. The van der Waals surface area contributed by atoms with Crippen molar-refractivity contribution < 1.29 is 4.74 Å². The van der Waals surface area contributed by atoms with Crippen LogP contribution in [-0.2, 0) is 4.74 Å². The molecule has 2 atom stereocenters. The number of rotatable bonds is 7. The van der Waals surface area contributed by atoms with E-state index in [9.17, 15) is 0 Å². The van der Waals surface area contributed by atoms with Gasteiger partial charge in [-0.25, -0.2) is 0 Å². The van der Waals surface area contributed by atoms with E-state index in [1.807, 2.05) is 0 Å². The Morgan fingerprint density at radius 2 is 2.00 bits per heavy atom. The molecule has 0 N–H and O–H groups in total. The van der Waals surface area contributed by atoms with Crippen molar-refractivity contribution in [1.82, 2.24) is 0 Å². The van der Waals surface area contributed by atoms with Crippen LogP contribution in [0.5, 0.6) is 0 Å². The summed E-state index contributed by atoms with van der Waals surface area (Å²) in [7, 11) is 0. The van der Waals surface area contributed by atoms with Crippen LogP contribution < -0.4 is 0 Å². The monoisotopic (exact) mass is 209 g/mol. The second-order valence-electron chi connectivity index (χ2n) is 4.49. The largest absolute Gasteiger partial charge is 0.377 e. The minimum atomic E-state index is 0.167. The molecule has 0 amide bonds. The number of nitriles is 1. The Hall–Kier alpha value is -0.550. The lowest BCUT2D eigenvalue weighted by molar-refractivity contribution is 0.0389. The van der Waals surface area contributed by atoms with Gasteiger partial charge in [0.15, 0.2) is 0 Å². The van der Waals surface area contributed by atoms with Crippen LogP contribution in [0.3, 0.4) is 0 Å². The molecule has 1 fully saturated rings. The zero-order valence-corrected chi connectivity index (χ0v) is 9.87. The molecule has 2 unspecified atom stereocenters. The van der Waals surface area contributed by atoms with Gasteiger partial charge in [-0.2, -0.15) is 5.26 Å². The van der Waals surface area contributed by atoms with Crippen LogP contribution in [0.2, 0.25) is 0 Å². The maximum atomic E-state index is 8.88. The molecule has 0 spiro atoms. The minimum absolute atomic E-state index is 0.167. The Labute approximate surface area is 93.6 Å². The topological polar surface area (TPSA) is 33.0 Å². The molecule has 0 radical (unpaired) electrons. The van der Waals surface area contributed by atoms with Gasteiger partial charge in [0.2, 0.25) is 0 Å². The molecule has 0 aromatic carbocycles. The van der Waals surface area contributed by atoms with E-state index < -0.39 is 0 Å². The van der Waals surface area contributed by atoms with Gasteiger partial charge < -0.3 is 4.74 Å². The van der Waals surface area contributed by atoms with Gasteiger partial charge in [-0.05, 0) is 25.7 Å². The molecule has 1 aliphatic rings. The number of ether oxygens (including phenoxy) is 1. The summed E-state index contributed by atoms with van der Waals surface area (Å²) in [5.41, 5.74) is 0. The number of nitrogens with zero attached hydrogens (tertiary/aromatic N) is 1. The van der Waals surface area contributed by atoms with Crippen LogP contribution in [0.25, 0.3) is 0 Å². The molecule has 0 heterocycles. The molecule has 0 aromatic rings. The summed E-state index contributed by atoms with van der Waals surface area (Å²) in [6.07, 6.45) is 9.92. The molecule has 1 aliphatic carbocycles. The highest BCUT2D eigenvalue weighted by atomic mass is 16.5. The molecule has 2 heteroatoms. The fraction of sp³-hybridized carbons (Fsp3) is 0.923. The van der Waals surface area contributed by atoms with E-state index in [-0.39, 0.29) is 12.0 Å². The van der Waals surface area contributed by atoms with Gasteiger partial charge >= 0.3 is 0 Å². The summed E-state index contributed by atoms with van der Waals surface area (Å²) in [5, 5.41) is 8.88. The van der Waals surface area contributed by atoms with Crippen molar-refractivity contribution >= 4 is 0 Å². The highest BCUT2D eigenvalue weighted by molar-refractivity contribution is 4.93. The maximum absolute atomic E-state index is 8.88. The third kappa shape index (κ3) is 4.66. The number of unbranched alkanes of at least 4 members (excludes halogenated alkanes) is 4. The molecular weight excluding hydrogens is 186 g/mol. The highest BCUT2D eigenvalue weighted by Crippen LogP contribution is 2.27. The van der Waals surface area contributed by atoms with Gasteiger partial charge in [0.25, 0.3) is 0 Å². The first-order chi connectivity index (χ1) is 7.38. The molecular formula is C13H23NO. The molecule has 1 saturated carbocycles. The van der Waals surface area contributed by atoms with E-state index in [2.05, 4.69) is 13.0 Å². The van der Waals surface area contributed by atoms with Crippen LogP contribution in [0.4, 0.5) is 0 Å². The second kappa shape index (κ2) is 7.70. The Bertz CT molecular complexity index is 197. The highest BCUT2D eigenvalue weighted by Gasteiger charge is 2.27. The van der Waals surface area contributed by atoms with E-state index in [1.165, 1.54) is 32.1 Å². The van der Waals surface area contributed by atoms with Crippen molar-refractivity contribution in [1.29, 1.82) is 5.26 Å². The summed E-state index contributed by atoms with van der Waals surface area (Å²) >= 11 is 0. The SMILES string of the molecule is CCCCCCCOC1CCCC1C#N. The van der Waals surface area contributed by atoms with Crippen molar-refractivity contribution in [2.75, 3.05) is 6.61 Å². The quantitative estimate of drug-likeness (QED) is 0.599. The van der Waals surface area contributed by atoms with E-state index in [1.54, 1.807) is 0 Å². The van der Waals surface area contributed by atoms with E-state index in [4.69, 9.17) is 10.00 Å². The minimum Gasteiger partial charge on any atom is -0.377 e. The molecule has 15 heavy (non-hydrogen) atoms. The molecule has 0 saturated heterocycles. The van der Waals surface area contributed by atoms with E-state index in [0.29, 0.717) is 0 Å². The maximum Gasteiger partial charge on any atom is 0.0733 e. The summed E-state index contributed by atoms with van der Waals surface area (Å²) < 4.78 is 5.76. The summed E-state index contributed by atoms with van der Waals surface area (Å²) in [5.74, 6) is 0.167. The molecule has 1 rings (SSSR count). The predicted molar refractivity (Wildman–Crippen MR) is 61.5 cm³/mol. The molecule has 0 aromatic heterocycles. The van der Waals surface area contributed by atoms with Crippen molar-refractivity contribution in [2.45, 2.75) is 64.4 Å². The number of hydrogen-bond acceptors (Lipinski definition) is 2. The average Bonchev–Trinajstić information content (AvgIpc) is 2.70. The van der Waals surface area contributed by atoms with Gasteiger partial charge in [-0.15, -0.1) is 0 Å². The van der Waals surface area contributed by atoms with Crippen molar-refractivity contribution in [2.24, 2.45) is 5.92 Å². The Morgan fingerprint density at radius 3 is 2.73 bits per heavy atom. The van der Waals surface area contributed by atoms with Gasteiger partial charge in [0, 0.05) is 6.61 Å². The van der Waals surface area contributed by atoms with Crippen LogP contribution in [0.1, 0.15) is 58.3 Å². The first kappa shape index (κ1) is 12.5. The molecule has 0 bridgehead atoms. The van der Waals surface area contributed by atoms with Gasteiger partial charge in [0.1, 0.15) is 0 Å². The first-order valence-electron chi connectivity index (χ1n) is 6.39. The molecule has 86 valence electrons. The van der Waals surface area contributed by atoms with Crippen LogP contribution in [0, 0.1) is 17.2 Å². The molecule has 0 aliphatic heterocycles. The third-order valence-corrected chi connectivity index (χ3v) is 3.20. The van der Waals surface area contributed by atoms with Crippen molar-refractivity contribution in [3.63, 3.8) is 0 Å². The van der Waals surface area contributed by atoms with Crippen LogP contribution in [-0.4, -0.2) is 12.7 Å². The smallest absolute Gasteiger partial charge is 0.0733 e. The van der Waals surface area contributed by atoms with Gasteiger partial charge in [0.05, 0.1) is 18.1 Å². The lowest BCUT2D eigenvalue weighted by Gasteiger charge is -2.14. The van der Waals surface area contributed by atoms with Crippen LogP contribution in [0.15, 0.2) is 0 Å². The summed E-state index contributed by atoms with van der Waals surface area (Å²) in [6, 6.07) is 2.35. The van der Waals surface area contributed by atoms with Crippen molar-refractivity contribution in [3.8, 4) is 6.07 Å². The standard InChI is InChI=1S/C13H23NO/c1-2-3-4-5-6-10-15-13-9-7-8-12(13)11-14/h12-13H,2-10H2,1H3. The second-order valence-corrected chi connectivity index (χ2v) is 4.49. The van der Waals surface area contributed by atoms with E-state index in [0.717, 1.165) is 25.9 Å². The fourth-order valence-corrected chi connectivity index (χ4v) is 2.21. The van der Waals surface area contributed by atoms with Crippen molar-refractivity contribution in [3.05, 3.63) is 0 Å². The van der Waals surface area contributed by atoms with E-state index >= 15 is 0 Å². The Kier molecular flexibility index (Phi) is 6.43.